The third kappa shape index (κ3) is 5.73. The lowest BCUT2D eigenvalue weighted by Crippen LogP contribution is -2.19. The molecule has 8 nitrogen and oxygen atoms in total. The summed E-state index contributed by atoms with van der Waals surface area (Å²) in [5.74, 6) is -2.54. The Labute approximate surface area is 187 Å². The van der Waals surface area contributed by atoms with E-state index < -0.39 is 17.8 Å². The van der Waals surface area contributed by atoms with Crippen molar-refractivity contribution in [2.24, 2.45) is 5.73 Å². The van der Waals surface area contributed by atoms with Crippen LogP contribution in [-0.4, -0.2) is 34.6 Å². The van der Waals surface area contributed by atoms with Gasteiger partial charge in [0.15, 0.2) is 0 Å². The van der Waals surface area contributed by atoms with E-state index in [0.29, 0.717) is 11.4 Å². The van der Waals surface area contributed by atoms with Gasteiger partial charge in [-0.15, -0.1) is 11.8 Å². The molecule has 162 valence electrons. The molecule has 0 aliphatic rings. The molecule has 0 spiro atoms. The molecule has 0 atom stereocenters. The molecule has 0 bridgehead atoms. The molecular weight excluding hydrogens is 430 g/mol. The van der Waals surface area contributed by atoms with Crippen LogP contribution in [0.2, 0.25) is 0 Å². The van der Waals surface area contributed by atoms with Gasteiger partial charge in [-0.3, -0.25) is 14.4 Å². The summed E-state index contributed by atoms with van der Waals surface area (Å²) in [5, 5.41) is 14.5. The van der Waals surface area contributed by atoms with Crippen LogP contribution in [0, 0.1) is 0 Å². The van der Waals surface area contributed by atoms with Crippen molar-refractivity contribution in [3.8, 4) is 0 Å². The number of carbonyl (C=O) groups is 4. The number of para-hydroxylation sites is 1. The molecule has 3 amide bonds. The highest BCUT2D eigenvalue weighted by molar-refractivity contribution is 8.00. The first-order valence-electron chi connectivity index (χ1n) is 9.40. The highest BCUT2D eigenvalue weighted by Crippen LogP contribution is 2.22. The Kier molecular flexibility index (Phi) is 7.25. The van der Waals surface area contributed by atoms with E-state index in [0.717, 1.165) is 4.90 Å². The molecule has 3 rings (SSSR count). The fraction of sp³-hybridized carbons (Fsp3) is 0.0435. The number of carboxylic acid groups (broad SMARTS) is 1. The lowest BCUT2D eigenvalue weighted by molar-refractivity contribution is -0.113. The molecule has 0 radical (unpaired) electrons. The molecular formula is C23H19N3O5S. The van der Waals surface area contributed by atoms with Crippen LogP contribution >= 0.6 is 11.8 Å². The Morgan fingerprint density at radius 2 is 1.38 bits per heavy atom. The number of nitrogens with one attached hydrogen (secondary N) is 2. The summed E-state index contributed by atoms with van der Waals surface area (Å²) in [6.07, 6.45) is 0. The average Bonchev–Trinajstić information content (AvgIpc) is 2.78. The highest BCUT2D eigenvalue weighted by atomic mass is 32.2. The first-order chi connectivity index (χ1) is 15.3. The fourth-order valence-electron chi connectivity index (χ4n) is 2.84. The summed E-state index contributed by atoms with van der Waals surface area (Å²) in [7, 11) is 0. The quantitative estimate of drug-likeness (QED) is 0.389. The number of thioether (sulfide) groups is 1. The maximum Gasteiger partial charge on any atom is 0.336 e. The molecule has 32 heavy (non-hydrogen) atoms. The minimum absolute atomic E-state index is 0.0614. The Bertz CT molecular complexity index is 1180. The average molecular weight is 449 g/mol. The maximum atomic E-state index is 12.4. The molecule has 5 N–H and O–H groups in total. The van der Waals surface area contributed by atoms with Gasteiger partial charge >= 0.3 is 5.97 Å². The van der Waals surface area contributed by atoms with Crippen LogP contribution in [0.3, 0.4) is 0 Å². The van der Waals surface area contributed by atoms with Gasteiger partial charge < -0.3 is 21.5 Å². The van der Waals surface area contributed by atoms with Crippen LogP contribution in [0.4, 0.5) is 11.4 Å². The Hall–Kier alpha value is -4.11. The zero-order valence-electron chi connectivity index (χ0n) is 16.7. The second kappa shape index (κ2) is 10.3. The van der Waals surface area contributed by atoms with Crippen LogP contribution < -0.4 is 16.4 Å². The minimum Gasteiger partial charge on any atom is -0.478 e. The molecule has 9 heteroatoms. The SMILES string of the molecule is NC(=O)c1ccccc1NC(=O)CSc1ccc(NC(=O)c2ccccc2C(=O)O)cc1. The number of amides is 3. The van der Waals surface area contributed by atoms with Gasteiger partial charge in [0.05, 0.1) is 28.1 Å². The molecule has 0 unspecified atom stereocenters. The van der Waals surface area contributed by atoms with E-state index in [1.54, 1.807) is 54.6 Å². The largest absolute Gasteiger partial charge is 0.478 e. The smallest absolute Gasteiger partial charge is 0.336 e. The van der Waals surface area contributed by atoms with Crippen LogP contribution in [-0.2, 0) is 4.79 Å². The van der Waals surface area contributed by atoms with E-state index in [2.05, 4.69) is 10.6 Å². The zero-order valence-corrected chi connectivity index (χ0v) is 17.5. The van der Waals surface area contributed by atoms with E-state index in [4.69, 9.17) is 5.73 Å². The molecule has 0 saturated carbocycles. The predicted molar refractivity (Wildman–Crippen MR) is 122 cm³/mol. The summed E-state index contributed by atoms with van der Waals surface area (Å²) in [6, 6.07) is 19.2. The summed E-state index contributed by atoms with van der Waals surface area (Å²) >= 11 is 1.27. The summed E-state index contributed by atoms with van der Waals surface area (Å²) in [5.41, 5.74) is 6.36. The van der Waals surface area contributed by atoms with Gasteiger partial charge in [0.25, 0.3) is 11.8 Å². The van der Waals surface area contributed by atoms with Gasteiger partial charge in [0, 0.05) is 10.6 Å². The second-order valence-electron chi connectivity index (χ2n) is 6.58. The summed E-state index contributed by atoms with van der Waals surface area (Å²) in [4.78, 5) is 48.2. The first-order valence-corrected chi connectivity index (χ1v) is 10.4. The third-order valence-corrected chi connectivity index (χ3v) is 5.36. The Morgan fingerprint density at radius 1 is 0.781 bits per heavy atom. The standard InChI is InChI=1S/C23H19N3O5S/c24-21(28)18-7-3-4-8-19(18)26-20(27)13-32-15-11-9-14(10-12-15)25-22(29)16-5-1-2-6-17(16)23(30)31/h1-12H,13H2,(H2,24,28)(H,25,29)(H,26,27)(H,30,31). The van der Waals surface area contributed by atoms with E-state index >= 15 is 0 Å². The summed E-state index contributed by atoms with van der Waals surface area (Å²) in [6.45, 7) is 0. The third-order valence-electron chi connectivity index (χ3n) is 4.35. The molecule has 3 aromatic rings. The van der Waals surface area contributed by atoms with Crippen molar-refractivity contribution in [3.63, 3.8) is 0 Å². The molecule has 0 aliphatic heterocycles. The number of anilines is 2. The van der Waals surface area contributed by atoms with Crippen molar-refractivity contribution >= 4 is 46.8 Å². The Morgan fingerprint density at radius 3 is 2.00 bits per heavy atom. The van der Waals surface area contributed by atoms with E-state index in [-0.39, 0.29) is 28.4 Å². The lowest BCUT2D eigenvalue weighted by Gasteiger charge is -2.10. The van der Waals surface area contributed by atoms with Crippen LogP contribution in [0.25, 0.3) is 0 Å². The predicted octanol–water partition coefficient (Wildman–Crippen LogP) is 3.47. The minimum atomic E-state index is -1.18. The topological polar surface area (TPSA) is 139 Å². The number of primary amides is 1. The van der Waals surface area contributed by atoms with Gasteiger partial charge in [-0.1, -0.05) is 24.3 Å². The second-order valence-corrected chi connectivity index (χ2v) is 7.62. The van der Waals surface area contributed by atoms with Crippen molar-refractivity contribution in [2.75, 3.05) is 16.4 Å². The number of hydrogen-bond acceptors (Lipinski definition) is 5. The van der Waals surface area contributed by atoms with Crippen molar-refractivity contribution in [1.29, 1.82) is 0 Å². The zero-order chi connectivity index (χ0) is 23.1. The highest BCUT2D eigenvalue weighted by Gasteiger charge is 2.16. The van der Waals surface area contributed by atoms with E-state index in [9.17, 15) is 24.3 Å². The number of aromatic carboxylic acids is 1. The number of benzene rings is 3. The Balaban J connectivity index is 1.57. The van der Waals surface area contributed by atoms with Crippen molar-refractivity contribution in [2.45, 2.75) is 4.90 Å². The summed E-state index contributed by atoms with van der Waals surface area (Å²) < 4.78 is 0. The number of rotatable bonds is 8. The molecule has 0 aromatic heterocycles. The lowest BCUT2D eigenvalue weighted by atomic mass is 10.1. The van der Waals surface area contributed by atoms with Gasteiger partial charge in [0.2, 0.25) is 5.91 Å². The molecule has 0 aliphatic carbocycles. The fourth-order valence-corrected chi connectivity index (χ4v) is 3.54. The van der Waals surface area contributed by atoms with E-state index in [1.807, 2.05) is 0 Å². The van der Waals surface area contributed by atoms with E-state index in [1.165, 1.54) is 30.0 Å². The van der Waals surface area contributed by atoms with Gasteiger partial charge in [-0.2, -0.15) is 0 Å². The van der Waals surface area contributed by atoms with Gasteiger partial charge in [0.1, 0.15) is 0 Å². The maximum absolute atomic E-state index is 12.4. The molecule has 0 saturated heterocycles. The van der Waals surface area contributed by atoms with Crippen molar-refractivity contribution in [3.05, 3.63) is 89.5 Å². The normalized spacial score (nSPS) is 10.2. The van der Waals surface area contributed by atoms with Gasteiger partial charge in [-0.05, 0) is 48.5 Å². The molecule has 3 aromatic carbocycles. The monoisotopic (exact) mass is 449 g/mol. The number of hydrogen-bond donors (Lipinski definition) is 4. The van der Waals surface area contributed by atoms with Crippen molar-refractivity contribution in [1.82, 2.24) is 0 Å². The molecule has 0 heterocycles. The number of carbonyl (C=O) groups excluding carboxylic acids is 3. The number of carboxylic acids is 1. The first kappa shape index (κ1) is 22.6. The number of nitrogens with two attached hydrogens (primary N) is 1. The van der Waals surface area contributed by atoms with Crippen molar-refractivity contribution < 1.29 is 24.3 Å². The molecule has 0 fully saturated rings. The van der Waals surface area contributed by atoms with Crippen LogP contribution in [0.15, 0.2) is 77.7 Å². The van der Waals surface area contributed by atoms with Crippen LogP contribution in [0.1, 0.15) is 31.1 Å². The van der Waals surface area contributed by atoms with Gasteiger partial charge in [-0.25, -0.2) is 4.79 Å². The van der Waals surface area contributed by atoms with Crippen LogP contribution in [0.5, 0.6) is 0 Å².